The van der Waals surface area contributed by atoms with E-state index in [4.69, 9.17) is 10.00 Å². The number of anilines is 1. The lowest BCUT2D eigenvalue weighted by Gasteiger charge is -2.23. The number of rotatable bonds is 5. The van der Waals surface area contributed by atoms with Gasteiger partial charge in [-0.3, -0.25) is 4.68 Å². The molecule has 1 fully saturated rings. The Bertz CT molecular complexity index is 699. The van der Waals surface area contributed by atoms with Crippen LogP contribution < -0.4 is 5.32 Å². The predicted octanol–water partition coefficient (Wildman–Crippen LogP) is 2.15. The highest BCUT2D eigenvalue weighted by atomic mass is 16.5. The second kappa shape index (κ2) is 7.20. The zero-order valence-corrected chi connectivity index (χ0v) is 13.2. The Kier molecular flexibility index (Phi) is 4.83. The van der Waals surface area contributed by atoms with Gasteiger partial charge in [0.1, 0.15) is 0 Å². The quantitative estimate of drug-likeness (QED) is 0.910. The van der Waals surface area contributed by atoms with Crippen molar-refractivity contribution in [3.8, 4) is 17.3 Å². The van der Waals surface area contributed by atoms with E-state index in [0.29, 0.717) is 25.0 Å². The van der Waals surface area contributed by atoms with Crippen molar-refractivity contribution in [2.24, 2.45) is 0 Å². The van der Waals surface area contributed by atoms with E-state index in [1.165, 1.54) is 0 Å². The third-order valence-electron chi connectivity index (χ3n) is 3.89. The Morgan fingerprint density at radius 3 is 3.00 bits per heavy atom. The zero-order valence-electron chi connectivity index (χ0n) is 13.2. The maximum atomic E-state index is 8.66. The van der Waals surface area contributed by atoms with Crippen LogP contribution in [-0.4, -0.2) is 39.0 Å². The average Bonchev–Trinajstić information content (AvgIpc) is 3.04. The molecule has 2 aromatic heterocycles. The van der Waals surface area contributed by atoms with Gasteiger partial charge >= 0.3 is 0 Å². The van der Waals surface area contributed by atoms with Gasteiger partial charge in [-0.05, 0) is 25.3 Å². The van der Waals surface area contributed by atoms with Crippen molar-refractivity contribution >= 4 is 5.95 Å². The first kappa shape index (κ1) is 15.4. The highest BCUT2D eigenvalue weighted by Crippen LogP contribution is 2.22. The van der Waals surface area contributed by atoms with E-state index < -0.39 is 0 Å². The molecular weight excluding hydrogens is 292 g/mol. The Hall–Kier alpha value is -2.46. The van der Waals surface area contributed by atoms with Gasteiger partial charge in [-0.25, -0.2) is 9.97 Å². The summed E-state index contributed by atoms with van der Waals surface area (Å²) >= 11 is 0. The lowest BCUT2D eigenvalue weighted by atomic mass is 10.1. The number of nitrogens with one attached hydrogen (secondary N) is 1. The molecule has 1 aliphatic heterocycles. The molecule has 1 N–H and O–H groups in total. The highest BCUT2D eigenvalue weighted by Gasteiger charge is 2.16. The minimum atomic E-state index is 0.359. The minimum Gasteiger partial charge on any atom is -0.381 e. The highest BCUT2D eigenvalue weighted by molar-refractivity contribution is 5.62. The summed E-state index contributed by atoms with van der Waals surface area (Å²) in [6.07, 6.45) is 7.92. The van der Waals surface area contributed by atoms with E-state index in [9.17, 15) is 0 Å². The first-order valence-corrected chi connectivity index (χ1v) is 7.84. The molecule has 3 rings (SSSR count). The molecule has 0 spiro atoms. The summed E-state index contributed by atoms with van der Waals surface area (Å²) in [5.41, 5.74) is 2.82. The van der Waals surface area contributed by atoms with E-state index in [1.54, 1.807) is 10.9 Å². The van der Waals surface area contributed by atoms with Crippen LogP contribution in [0.5, 0.6) is 0 Å². The molecule has 0 aliphatic carbocycles. The van der Waals surface area contributed by atoms with Crippen molar-refractivity contribution in [1.82, 2.24) is 19.7 Å². The predicted molar refractivity (Wildman–Crippen MR) is 85.7 cm³/mol. The van der Waals surface area contributed by atoms with Crippen molar-refractivity contribution < 1.29 is 4.74 Å². The van der Waals surface area contributed by atoms with Gasteiger partial charge in [0.25, 0.3) is 0 Å². The fourth-order valence-electron chi connectivity index (χ4n) is 2.60. The van der Waals surface area contributed by atoms with Crippen molar-refractivity contribution in [2.75, 3.05) is 18.5 Å². The van der Waals surface area contributed by atoms with Crippen LogP contribution in [-0.2, 0) is 11.3 Å². The van der Waals surface area contributed by atoms with Gasteiger partial charge in [-0.1, -0.05) is 0 Å². The van der Waals surface area contributed by atoms with Crippen molar-refractivity contribution in [3.05, 3.63) is 24.2 Å². The van der Waals surface area contributed by atoms with E-state index in [1.807, 2.05) is 19.3 Å². The summed E-state index contributed by atoms with van der Waals surface area (Å²) in [5, 5.41) is 16.3. The topological polar surface area (TPSA) is 88.7 Å². The largest absolute Gasteiger partial charge is 0.381 e. The van der Waals surface area contributed by atoms with Crippen LogP contribution in [0.4, 0.5) is 5.95 Å². The van der Waals surface area contributed by atoms with E-state index in [0.717, 1.165) is 42.9 Å². The summed E-state index contributed by atoms with van der Waals surface area (Å²) in [7, 11) is 0. The zero-order chi connectivity index (χ0) is 16.1. The molecule has 0 amide bonds. The smallest absolute Gasteiger partial charge is 0.223 e. The maximum absolute atomic E-state index is 8.66. The molecule has 2 aromatic rings. The number of ether oxygens (including phenoxy) is 1. The summed E-state index contributed by atoms with van der Waals surface area (Å²) < 4.78 is 7.14. The van der Waals surface area contributed by atoms with Gasteiger partial charge in [0.05, 0.1) is 30.9 Å². The van der Waals surface area contributed by atoms with Crippen LogP contribution in [0.2, 0.25) is 0 Å². The summed E-state index contributed by atoms with van der Waals surface area (Å²) in [6.45, 7) is 4.14. The normalized spacial score (nSPS) is 15.3. The van der Waals surface area contributed by atoms with Crippen molar-refractivity contribution in [3.63, 3.8) is 0 Å². The second-order valence-corrected chi connectivity index (χ2v) is 5.66. The number of aryl methyl sites for hydroxylation is 2. The molecular formula is C16H20N6O. The van der Waals surface area contributed by atoms with Crippen LogP contribution in [0.15, 0.2) is 18.6 Å². The second-order valence-electron chi connectivity index (χ2n) is 5.66. The molecule has 3 heterocycles. The van der Waals surface area contributed by atoms with Gasteiger partial charge in [-0.2, -0.15) is 10.4 Å². The lowest BCUT2D eigenvalue weighted by Crippen LogP contribution is -2.28. The molecule has 1 aliphatic rings. The molecule has 0 saturated carbocycles. The fourth-order valence-corrected chi connectivity index (χ4v) is 2.60. The molecule has 120 valence electrons. The number of nitrogens with zero attached hydrogens (tertiary/aromatic N) is 5. The molecule has 0 aromatic carbocycles. The molecule has 0 bridgehead atoms. The van der Waals surface area contributed by atoms with Crippen LogP contribution in [0.1, 0.15) is 24.8 Å². The third-order valence-corrected chi connectivity index (χ3v) is 3.89. The van der Waals surface area contributed by atoms with E-state index in [-0.39, 0.29) is 0 Å². The molecule has 7 nitrogen and oxygen atoms in total. The standard InChI is InChI=1S/C16H20N6O/c1-12-9-18-16(20-14-3-7-23-8-4-14)21-15(12)13-10-19-22(11-13)6-2-5-17/h9-11,14H,2-4,6-8H2,1H3,(H,18,20,21). The molecule has 0 unspecified atom stereocenters. The SMILES string of the molecule is Cc1cnc(NC2CCOCC2)nc1-c1cnn(CCC#N)c1. The fraction of sp³-hybridized carbons (Fsp3) is 0.500. The molecule has 0 atom stereocenters. The molecule has 0 radical (unpaired) electrons. The van der Waals surface area contributed by atoms with Crippen LogP contribution >= 0.6 is 0 Å². The Balaban J connectivity index is 1.77. The number of aromatic nitrogens is 4. The van der Waals surface area contributed by atoms with Crippen molar-refractivity contribution in [1.29, 1.82) is 5.26 Å². The number of nitriles is 1. The molecule has 7 heteroatoms. The van der Waals surface area contributed by atoms with E-state index >= 15 is 0 Å². The number of hydrogen-bond donors (Lipinski definition) is 1. The van der Waals surface area contributed by atoms with Gasteiger partial charge in [-0.15, -0.1) is 0 Å². The van der Waals surface area contributed by atoms with Crippen LogP contribution in [0, 0.1) is 18.3 Å². The summed E-state index contributed by atoms with van der Waals surface area (Å²) in [4.78, 5) is 9.03. The van der Waals surface area contributed by atoms with E-state index in [2.05, 4.69) is 26.5 Å². The summed E-state index contributed by atoms with van der Waals surface area (Å²) in [5.74, 6) is 0.641. The van der Waals surface area contributed by atoms with Crippen molar-refractivity contribution in [2.45, 2.75) is 38.8 Å². The Labute approximate surface area is 135 Å². The third kappa shape index (κ3) is 3.85. The Morgan fingerprint density at radius 1 is 1.39 bits per heavy atom. The average molecular weight is 312 g/mol. The Morgan fingerprint density at radius 2 is 2.22 bits per heavy atom. The summed E-state index contributed by atoms with van der Waals surface area (Å²) in [6, 6.07) is 2.48. The number of hydrogen-bond acceptors (Lipinski definition) is 6. The van der Waals surface area contributed by atoms with Gasteiger partial charge in [0.15, 0.2) is 0 Å². The first-order valence-electron chi connectivity index (χ1n) is 7.84. The molecule has 1 saturated heterocycles. The van der Waals surface area contributed by atoms with Crippen LogP contribution in [0.3, 0.4) is 0 Å². The molecule has 23 heavy (non-hydrogen) atoms. The monoisotopic (exact) mass is 312 g/mol. The van der Waals surface area contributed by atoms with Gasteiger partial charge < -0.3 is 10.1 Å². The minimum absolute atomic E-state index is 0.359. The maximum Gasteiger partial charge on any atom is 0.223 e. The van der Waals surface area contributed by atoms with Crippen LogP contribution in [0.25, 0.3) is 11.3 Å². The lowest BCUT2D eigenvalue weighted by molar-refractivity contribution is 0.0903. The van der Waals surface area contributed by atoms with Gasteiger partial charge in [0, 0.05) is 37.2 Å². The van der Waals surface area contributed by atoms with Gasteiger partial charge in [0.2, 0.25) is 5.95 Å². The first-order chi connectivity index (χ1) is 11.3.